The molecule has 0 bridgehead atoms. The number of likely N-dealkylation sites (tertiary alicyclic amines) is 1. The van der Waals surface area contributed by atoms with Crippen LogP contribution in [0, 0.1) is 5.82 Å². The molecular formula is C20H20ClFN6O2. The summed E-state index contributed by atoms with van der Waals surface area (Å²) in [6.07, 6.45) is 4.34. The maximum atomic E-state index is 13.4. The maximum absolute atomic E-state index is 13.4. The fourth-order valence-electron chi connectivity index (χ4n) is 3.62. The summed E-state index contributed by atoms with van der Waals surface area (Å²) in [5, 5.41) is 8.77. The molecule has 2 atom stereocenters. The molecular weight excluding hydrogens is 411 g/mol. The number of hydrazone groups is 1. The van der Waals surface area contributed by atoms with Gasteiger partial charge in [0, 0.05) is 36.5 Å². The minimum Gasteiger partial charge on any atom is -0.332 e. The third-order valence-corrected chi connectivity index (χ3v) is 5.43. The summed E-state index contributed by atoms with van der Waals surface area (Å²) in [5.41, 5.74) is 1.94. The molecule has 0 aliphatic carbocycles. The topological polar surface area (TPSA) is 90.8 Å². The number of amides is 3. The molecule has 1 aromatic heterocycles. The molecule has 3 amide bonds. The van der Waals surface area contributed by atoms with Gasteiger partial charge in [0.05, 0.1) is 24.3 Å². The Hall–Kier alpha value is -3.07. The maximum Gasteiger partial charge on any atom is 0.338 e. The highest BCUT2D eigenvalue weighted by Crippen LogP contribution is 2.24. The predicted molar refractivity (Wildman–Crippen MR) is 108 cm³/mol. The van der Waals surface area contributed by atoms with Crippen LogP contribution in [-0.2, 0) is 4.79 Å². The lowest BCUT2D eigenvalue weighted by atomic mass is 10.0. The first-order chi connectivity index (χ1) is 14.4. The fourth-order valence-corrected chi connectivity index (χ4v) is 3.72. The van der Waals surface area contributed by atoms with Gasteiger partial charge in [-0.05, 0) is 37.1 Å². The lowest BCUT2D eigenvalue weighted by Crippen LogP contribution is -2.46. The van der Waals surface area contributed by atoms with Crippen LogP contribution in [0.4, 0.5) is 9.18 Å². The highest BCUT2D eigenvalue weighted by atomic mass is 35.5. The van der Waals surface area contributed by atoms with E-state index in [-0.39, 0.29) is 35.6 Å². The van der Waals surface area contributed by atoms with Crippen LogP contribution < -0.4 is 5.32 Å². The summed E-state index contributed by atoms with van der Waals surface area (Å²) in [4.78, 5) is 34.8. The predicted octanol–water partition coefficient (Wildman–Crippen LogP) is 2.75. The van der Waals surface area contributed by atoms with Crippen LogP contribution in [0.5, 0.6) is 0 Å². The monoisotopic (exact) mass is 430 g/mol. The Morgan fingerprint density at radius 1 is 1.27 bits per heavy atom. The number of urea groups is 1. The Kier molecular flexibility index (Phi) is 5.63. The minimum absolute atomic E-state index is 0.0313. The Labute approximate surface area is 177 Å². The highest BCUT2D eigenvalue weighted by Gasteiger charge is 2.39. The number of carbonyl (C=O) groups excluding carboxylic acids is 2. The Morgan fingerprint density at radius 3 is 2.60 bits per heavy atom. The second-order valence-electron chi connectivity index (χ2n) is 7.24. The van der Waals surface area contributed by atoms with Crippen molar-refractivity contribution in [2.75, 3.05) is 13.1 Å². The van der Waals surface area contributed by atoms with Gasteiger partial charge in [-0.25, -0.2) is 24.2 Å². The van der Waals surface area contributed by atoms with Crippen LogP contribution in [0.25, 0.3) is 0 Å². The standard InChI is InChI=1S/C20H20ClFN6O2/c1-12(14-9-23-19(21)24-10-14)25-20(30)28-11-16(27-8-2-3-17(27)29)18(26-28)13-4-6-15(22)7-5-13/h4-7,9-10,12,16H,2-3,8,11H2,1H3,(H,25,30)/t12-,16+/m1/s1. The Morgan fingerprint density at radius 2 is 1.97 bits per heavy atom. The summed E-state index contributed by atoms with van der Waals surface area (Å²) < 4.78 is 13.4. The summed E-state index contributed by atoms with van der Waals surface area (Å²) in [6.45, 7) is 2.64. The molecule has 2 aliphatic heterocycles. The quantitative estimate of drug-likeness (QED) is 0.755. The number of hydrogen-bond donors (Lipinski definition) is 1. The Balaban J connectivity index is 1.55. The van der Waals surface area contributed by atoms with Crippen molar-refractivity contribution in [1.29, 1.82) is 0 Å². The highest BCUT2D eigenvalue weighted by molar-refractivity contribution is 6.28. The molecule has 1 N–H and O–H groups in total. The van der Waals surface area contributed by atoms with E-state index in [4.69, 9.17) is 11.6 Å². The largest absolute Gasteiger partial charge is 0.338 e. The van der Waals surface area contributed by atoms with Gasteiger partial charge in [0.2, 0.25) is 11.2 Å². The second-order valence-corrected chi connectivity index (χ2v) is 7.58. The molecule has 1 aromatic carbocycles. The molecule has 10 heteroatoms. The van der Waals surface area contributed by atoms with E-state index < -0.39 is 6.03 Å². The SMILES string of the molecule is C[C@@H](NC(=O)N1C[C@H](N2CCCC2=O)C(c2ccc(F)cc2)=N1)c1cnc(Cl)nc1. The van der Waals surface area contributed by atoms with E-state index in [1.165, 1.54) is 17.1 Å². The zero-order chi connectivity index (χ0) is 21.3. The van der Waals surface area contributed by atoms with Gasteiger partial charge in [-0.2, -0.15) is 5.10 Å². The number of nitrogens with zero attached hydrogens (tertiary/aromatic N) is 5. The van der Waals surface area contributed by atoms with Crippen LogP contribution in [-0.4, -0.2) is 56.7 Å². The number of rotatable bonds is 4. The van der Waals surface area contributed by atoms with E-state index in [0.717, 1.165) is 6.42 Å². The van der Waals surface area contributed by atoms with E-state index in [9.17, 15) is 14.0 Å². The van der Waals surface area contributed by atoms with Crippen LogP contribution >= 0.6 is 11.6 Å². The molecule has 1 saturated heterocycles. The summed E-state index contributed by atoms with van der Waals surface area (Å²) in [6, 6.07) is 4.74. The lowest BCUT2D eigenvalue weighted by Gasteiger charge is -2.25. The molecule has 1 fully saturated rings. The third kappa shape index (κ3) is 4.11. The first-order valence-electron chi connectivity index (χ1n) is 9.62. The van der Waals surface area contributed by atoms with Gasteiger partial charge in [0.1, 0.15) is 5.82 Å². The minimum atomic E-state index is -0.411. The number of benzene rings is 1. The number of carbonyl (C=O) groups is 2. The van der Waals surface area contributed by atoms with Gasteiger partial charge in [-0.1, -0.05) is 12.1 Å². The van der Waals surface area contributed by atoms with Crippen molar-refractivity contribution in [2.45, 2.75) is 31.8 Å². The summed E-state index contributed by atoms with van der Waals surface area (Å²) in [5.74, 6) is -0.330. The fraction of sp³-hybridized carbons (Fsp3) is 0.350. The molecule has 0 saturated carbocycles. The first kappa shape index (κ1) is 20.2. The van der Waals surface area contributed by atoms with Crippen molar-refractivity contribution in [3.05, 3.63) is 58.9 Å². The van der Waals surface area contributed by atoms with Crippen molar-refractivity contribution < 1.29 is 14.0 Å². The van der Waals surface area contributed by atoms with Gasteiger partial charge < -0.3 is 10.2 Å². The van der Waals surface area contributed by atoms with Crippen molar-refractivity contribution in [3.63, 3.8) is 0 Å². The number of hydrogen-bond acceptors (Lipinski definition) is 5. The van der Waals surface area contributed by atoms with E-state index in [0.29, 0.717) is 29.8 Å². The van der Waals surface area contributed by atoms with E-state index >= 15 is 0 Å². The van der Waals surface area contributed by atoms with Gasteiger partial charge in [-0.15, -0.1) is 0 Å². The molecule has 0 radical (unpaired) electrons. The zero-order valence-corrected chi connectivity index (χ0v) is 17.0. The molecule has 8 nitrogen and oxygen atoms in total. The molecule has 30 heavy (non-hydrogen) atoms. The van der Waals surface area contributed by atoms with Crippen LogP contribution in [0.1, 0.15) is 36.9 Å². The molecule has 4 rings (SSSR count). The van der Waals surface area contributed by atoms with Crippen molar-refractivity contribution in [2.24, 2.45) is 5.10 Å². The van der Waals surface area contributed by atoms with Crippen LogP contribution in [0.2, 0.25) is 5.28 Å². The van der Waals surface area contributed by atoms with Crippen LogP contribution in [0.3, 0.4) is 0 Å². The summed E-state index contributed by atoms with van der Waals surface area (Å²) in [7, 11) is 0. The summed E-state index contributed by atoms with van der Waals surface area (Å²) >= 11 is 5.71. The smallest absolute Gasteiger partial charge is 0.332 e. The molecule has 0 spiro atoms. The van der Waals surface area contributed by atoms with Crippen molar-refractivity contribution in [3.8, 4) is 0 Å². The normalized spacial score (nSPS) is 19.8. The Bertz CT molecular complexity index is 982. The average Bonchev–Trinajstić information content (AvgIpc) is 3.35. The van der Waals surface area contributed by atoms with E-state index in [1.807, 2.05) is 0 Å². The van der Waals surface area contributed by atoms with E-state index in [1.54, 1.807) is 36.4 Å². The third-order valence-electron chi connectivity index (χ3n) is 5.23. The molecule has 156 valence electrons. The van der Waals surface area contributed by atoms with Crippen molar-refractivity contribution >= 4 is 29.3 Å². The zero-order valence-electron chi connectivity index (χ0n) is 16.3. The van der Waals surface area contributed by atoms with Crippen LogP contribution in [0.15, 0.2) is 41.8 Å². The van der Waals surface area contributed by atoms with Gasteiger partial charge >= 0.3 is 6.03 Å². The van der Waals surface area contributed by atoms with Crippen molar-refractivity contribution in [1.82, 2.24) is 25.2 Å². The number of halogens is 2. The number of aromatic nitrogens is 2. The van der Waals surface area contributed by atoms with E-state index in [2.05, 4.69) is 20.4 Å². The molecule has 0 unspecified atom stereocenters. The molecule has 2 aromatic rings. The first-order valence-corrected chi connectivity index (χ1v) is 9.99. The molecule has 3 heterocycles. The van der Waals surface area contributed by atoms with Gasteiger partial charge in [0.15, 0.2) is 0 Å². The van der Waals surface area contributed by atoms with Gasteiger partial charge in [-0.3, -0.25) is 4.79 Å². The number of nitrogens with one attached hydrogen (secondary N) is 1. The average molecular weight is 431 g/mol. The molecule has 2 aliphatic rings. The second kappa shape index (κ2) is 8.35. The lowest BCUT2D eigenvalue weighted by molar-refractivity contribution is -0.128. The van der Waals surface area contributed by atoms with Gasteiger partial charge in [0.25, 0.3) is 0 Å².